The smallest absolute Gasteiger partial charge is 0.262 e. The number of ether oxygens (including phenoxy) is 2. The zero-order valence-electron chi connectivity index (χ0n) is 15.1. The molecule has 3 rings (SSSR count). The Hall–Kier alpha value is -3.02. The molecule has 0 bridgehead atoms. The number of nitrogens with two attached hydrogens (primary N) is 1. The lowest BCUT2D eigenvalue weighted by atomic mass is 10.1. The summed E-state index contributed by atoms with van der Waals surface area (Å²) >= 11 is 0. The van der Waals surface area contributed by atoms with Crippen molar-refractivity contribution >= 4 is 17.5 Å². The van der Waals surface area contributed by atoms with Gasteiger partial charge < -0.3 is 20.5 Å². The Bertz CT molecular complexity index is 783. The minimum absolute atomic E-state index is 0.108. The van der Waals surface area contributed by atoms with Crippen LogP contribution in [0.3, 0.4) is 0 Å². The van der Waals surface area contributed by atoms with Gasteiger partial charge in [-0.25, -0.2) is 0 Å². The third-order valence-corrected chi connectivity index (χ3v) is 4.39. The Morgan fingerprint density at radius 1 is 1.04 bits per heavy atom. The SMILES string of the molecule is NC(=O)Cc1ccc(OCC(=O)Nc2cccc(OC3CCCC3)c2)cc1. The molecular weight excluding hydrogens is 344 g/mol. The van der Waals surface area contributed by atoms with E-state index in [4.69, 9.17) is 15.2 Å². The summed E-state index contributed by atoms with van der Waals surface area (Å²) in [5, 5.41) is 2.81. The van der Waals surface area contributed by atoms with E-state index >= 15 is 0 Å². The molecule has 0 aromatic heterocycles. The molecule has 2 aromatic rings. The molecule has 2 amide bonds. The van der Waals surface area contributed by atoms with Gasteiger partial charge in [-0.3, -0.25) is 9.59 Å². The number of rotatable bonds is 8. The van der Waals surface area contributed by atoms with Gasteiger partial charge in [-0.15, -0.1) is 0 Å². The molecule has 0 saturated heterocycles. The summed E-state index contributed by atoms with van der Waals surface area (Å²) in [6, 6.07) is 14.3. The van der Waals surface area contributed by atoms with Crippen molar-refractivity contribution in [2.75, 3.05) is 11.9 Å². The third-order valence-electron chi connectivity index (χ3n) is 4.39. The highest BCUT2D eigenvalue weighted by Gasteiger charge is 2.16. The van der Waals surface area contributed by atoms with Crippen molar-refractivity contribution in [2.45, 2.75) is 38.2 Å². The van der Waals surface area contributed by atoms with Crippen LogP contribution in [-0.4, -0.2) is 24.5 Å². The molecule has 0 heterocycles. The van der Waals surface area contributed by atoms with Crippen LogP contribution >= 0.6 is 0 Å². The van der Waals surface area contributed by atoms with E-state index in [2.05, 4.69) is 5.32 Å². The van der Waals surface area contributed by atoms with Crippen molar-refractivity contribution in [1.29, 1.82) is 0 Å². The van der Waals surface area contributed by atoms with E-state index in [1.165, 1.54) is 12.8 Å². The first kappa shape index (κ1) is 18.8. The Kier molecular flexibility index (Phi) is 6.30. The van der Waals surface area contributed by atoms with E-state index < -0.39 is 0 Å². The number of nitrogens with one attached hydrogen (secondary N) is 1. The minimum atomic E-state index is -0.387. The molecule has 27 heavy (non-hydrogen) atoms. The molecule has 0 atom stereocenters. The third kappa shape index (κ3) is 6.02. The highest BCUT2D eigenvalue weighted by atomic mass is 16.5. The van der Waals surface area contributed by atoms with Crippen LogP contribution in [0.2, 0.25) is 0 Å². The van der Waals surface area contributed by atoms with Gasteiger partial charge in [-0.1, -0.05) is 18.2 Å². The fourth-order valence-electron chi connectivity index (χ4n) is 3.10. The predicted molar refractivity (Wildman–Crippen MR) is 103 cm³/mol. The molecule has 0 aliphatic heterocycles. The molecule has 3 N–H and O–H groups in total. The number of hydrogen-bond acceptors (Lipinski definition) is 4. The molecule has 0 unspecified atom stereocenters. The maximum Gasteiger partial charge on any atom is 0.262 e. The zero-order chi connectivity index (χ0) is 19.1. The standard InChI is InChI=1S/C21H24N2O4/c22-20(24)12-15-8-10-17(11-9-15)26-14-21(25)23-16-4-3-7-19(13-16)27-18-5-1-2-6-18/h3-4,7-11,13,18H,1-2,5-6,12,14H2,(H2,22,24)(H,23,25). The lowest BCUT2D eigenvalue weighted by Gasteiger charge is -2.14. The molecule has 2 aromatic carbocycles. The summed E-state index contributed by atoms with van der Waals surface area (Å²) < 4.78 is 11.4. The van der Waals surface area contributed by atoms with Crippen molar-refractivity contribution in [3.63, 3.8) is 0 Å². The summed E-state index contributed by atoms with van der Waals surface area (Å²) in [5.41, 5.74) is 6.64. The van der Waals surface area contributed by atoms with Crippen LogP contribution in [0.15, 0.2) is 48.5 Å². The first-order valence-corrected chi connectivity index (χ1v) is 9.15. The van der Waals surface area contributed by atoms with Crippen LogP contribution in [0.1, 0.15) is 31.2 Å². The highest BCUT2D eigenvalue weighted by Crippen LogP contribution is 2.25. The molecule has 1 saturated carbocycles. The van der Waals surface area contributed by atoms with E-state index in [1.54, 1.807) is 24.3 Å². The second-order valence-corrected chi connectivity index (χ2v) is 6.68. The normalized spacial score (nSPS) is 13.9. The second-order valence-electron chi connectivity index (χ2n) is 6.68. The highest BCUT2D eigenvalue weighted by molar-refractivity contribution is 5.92. The van der Waals surface area contributed by atoms with Crippen molar-refractivity contribution in [3.05, 3.63) is 54.1 Å². The summed E-state index contributed by atoms with van der Waals surface area (Å²) in [7, 11) is 0. The number of primary amides is 1. The van der Waals surface area contributed by atoms with Gasteiger partial charge in [0.25, 0.3) is 5.91 Å². The Labute approximate surface area is 158 Å². The first-order chi connectivity index (χ1) is 13.1. The maximum atomic E-state index is 12.1. The maximum absolute atomic E-state index is 12.1. The Morgan fingerprint density at radius 2 is 1.78 bits per heavy atom. The minimum Gasteiger partial charge on any atom is -0.490 e. The van der Waals surface area contributed by atoms with E-state index in [9.17, 15) is 9.59 Å². The fraction of sp³-hybridized carbons (Fsp3) is 0.333. The monoisotopic (exact) mass is 368 g/mol. The fourth-order valence-corrected chi connectivity index (χ4v) is 3.10. The number of amides is 2. The Balaban J connectivity index is 1.48. The number of hydrogen-bond donors (Lipinski definition) is 2. The van der Waals surface area contributed by atoms with E-state index in [1.807, 2.05) is 24.3 Å². The molecular formula is C21H24N2O4. The molecule has 6 heteroatoms. The van der Waals surface area contributed by atoms with Gasteiger partial charge in [0, 0.05) is 11.8 Å². The van der Waals surface area contributed by atoms with E-state index in [-0.39, 0.29) is 30.9 Å². The molecule has 1 aliphatic carbocycles. The van der Waals surface area contributed by atoms with Crippen molar-refractivity contribution in [2.24, 2.45) is 5.73 Å². The van der Waals surface area contributed by atoms with Crippen molar-refractivity contribution in [1.82, 2.24) is 0 Å². The van der Waals surface area contributed by atoms with Gasteiger partial charge in [-0.05, 0) is 55.5 Å². The molecule has 142 valence electrons. The van der Waals surface area contributed by atoms with Crippen LogP contribution in [-0.2, 0) is 16.0 Å². The largest absolute Gasteiger partial charge is 0.490 e. The van der Waals surface area contributed by atoms with Gasteiger partial charge >= 0.3 is 0 Å². The van der Waals surface area contributed by atoms with Gasteiger partial charge in [0.15, 0.2) is 6.61 Å². The average Bonchev–Trinajstić information content (AvgIpc) is 3.14. The average molecular weight is 368 g/mol. The summed E-state index contributed by atoms with van der Waals surface area (Å²) in [4.78, 5) is 23.0. The zero-order valence-corrected chi connectivity index (χ0v) is 15.1. The number of carbonyl (C=O) groups excluding carboxylic acids is 2. The lowest BCUT2D eigenvalue weighted by Crippen LogP contribution is -2.20. The summed E-state index contributed by atoms with van der Waals surface area (Å²) in [5.74, 6) is 0.679. The van der Waals surface area contributed by atoms with E-state index in [0.29, 0.717) is 11.4 Å². The topological polar surface area (TPSA) is 90.7 Å². The molecule has 0 radical (unpaired) electrons. The number of benzene rings is 2. The van der Waals surface area contributed by atoms with E-state index in [0.717, 1.165) is 24.2 Å². The van der Waals surface area contributed by atoms with Crippen molar-refractivity contribution in [3.8, 4) is 11.5 Å². The molecule has 1 aliphatic rings. The van der Waals surface area contributed by atoms with Gasteiger partial charge in [0.2, 0.25) is 5.91 Å². The lowest BCUT2D eigenvalue weighted by molar-refractivity contribution is -0.118. The van der Waals surface area contributed by atoms with Crippen LogP contribution in [0.25, 0.3) is 0 Å². The Morgan fingerprint density at radius 3 is 2.48 bits per heavy atom. The number of anilines is 1. The summed E-state index contributed by atoms with van der Waals surface area (Å²) in [6.45, 7) is -0.108. The van der Waals surface area contributed by atoms with Crippen LogP contribution in [0, 0.1) is 0 Å². The van der Waals surface area contributed by atoms with Crippen molar-refractivity contribution < 1.29 is 19.1 Å². The quantitative estimate of drug-likeness (QED) is 0.749. The molecule has 0 spiro atoms. The molecule has 6 nitrogen and oxygen atoms in total. The van der Waals surface area contributed by atoms with Crippen LogP contribution < -0.4 is 20.5 Å². The van der Waals surface area contributed by atoms with Gasteiger partial charge in [-0.2, -0.15) is 0 Å². The number of carbonyl (C=O) groups is 2. The second kappa shape index (κ2) is 9.07. The van der Waals surface area contributed by atoms with Crippen LogP contribution in [0.4, 0.5) is 5.69 Å². The van der Waals surface area contributed by atoms with Crippen LogP contribution in [0.5, 0.6) is 11.5 Å². The van der Waals surface area contributed by atoms with Gasteiger partial charge in [0.1, 0.15) is 11.5 Å². The first-order valence-electron chi connectivity index (χ1n) is 9.15. The summed E-state index contributed by atoms with van der Waals surface area (Å²) in [6.07, 6.45) is 5.05. The predicted octanol–water partition coefficient (Wildman–Crippen LogP) is 3.05. The van der Waals surface area contributed by atoms with Gasteiger partial charge in [0.05, 0.1) is 12.5 Å². The molecule has 1 fully saturated rings.